The Balaban J connectivity index is 2.25. The maximum Gasteiger partial charge on any atom is 0.241 e. The Morgan fingerprint density at radius 2 is 1.72 bits per heavy atom. The molecule has 0 aromatic heterocycles. The van der Waals surface area contributed by atoms with Crippen LogP contribution in [-0.2, 0) is 14.8 Å². The van der Waals surface area contributed by atoms with Gasteiger partial charge in [0.05, 0.1) is 32.2 Å². The predicted molar refractivity (Wildman–Crippen MR) is 115 cm³/mol. The van der Waals surface area contributed by atoms with Crippen molar-refractivity contribution in [3.05, 3.63) is 52.0 Å². The molecule has 1 N–H and O–H groups in total. The van der Waals surface area contributed by atoms with Crippen LogP contribution in [0.2, 0.25) is 10.0 Å². The Labute approximate surface area is 180 Å². The van der Waals surface area contributed by atoms with Gasteiger partial charge in [0.2, 0.25) is 15.9 Å². The summed E-state index contributed by atoms with van der Waals surface area (Å²) in [5.74, 6) is 0.664. The van der Waals surface area contributed by atoms with E-state index in [2.05, 4.69) is 5.32 Å². The number of benzene rings is 2. The lowest BCUT2D eigenvalue weighted by molar-refractivity contribution is -0.120. The second-order valence-electron chi connectivity index (χ2n) is 6.29. The number of methoxy groups -OCH3 is 2. The Hall–Kier alpha value is -2.16. The van der Waals surface area contributed by atoms with Crippen LogP contribution in [-0.4, -0.2) is 41.3 Å². The summed E-state index contributed by atoms with van der Waals surface area (Å²) < 4.78 is 36.0. The minimum absolute atomic E-state index is 0.201. The van der Waals surface area contributed by atoms with Gasteiger partial charge in [-0.1, -0.05) is 23.2 Å². The number of halogens is 2. The molecule has 158 valence electrons. The SMILES string of the molecule is COc1ccc(OC)c(C(C)NC(=O)CN(c2cc(Cl)cc(Cl)c2)S(C)(=O)=O)c1. The van der Waals surface area contributed by atoms with Crippen LogP contribution >= 0.6 is 23.2 Å². The highest BCUT2D eigenvalue weighted by molar-refractivity contribution is 7.92. The fraction of sp³-hybridized carbons (Fsp3) is 0.316. The number of carbonyl (C=O) groups is 1. The lowest BCUT2D eigenvalue weighted by Gasteiger charge is -2.24. The quantitative estimate of drug-likeness (QED) is 0.649. The Morgan fingerprint density at radius 1 is 1.10 bits per heavy atom. The number of carbonyl (C=O) groups excluding carboxylic acids is 1. The van der Waals surface area contributed by atoms with Gasteiger partial charge in [0.1, 0.15) is 18.0 Å². The highest BCUT2D eigenvalue weighted by atomic mass is 35.5. The zero-order valence-electron chi connectivity index (χ0n) is 16.4. The molecular formula is C19H22Cl2N2O5S. The lowest BCUT2D eigenvalue weighted by atomic mass is 10.1. The zero-order chi connectivity index (χ0) is 21.8. The molecule has 0 saturated carbocycles. The summed E-state index contributed by atoms with van der Waals surface area (Å²) in [7, 11) is -0.701. The first-order chi connectivity index (χ1) is 13.5. The van der Waals surface area contributed by atoms with Crippen LogP contribution < -0.4 is 19.1 Å². The molecule has 0 bridgehead atoms. The molecule has 29 heavy (non-hydrogen) atoms. The van der Waals surface area contributed by atoms with Crippen LogP contribution in [0.3, 0.4) is 0 Å². The topological polar surface area (TPSA) is 84.9 Å². The minimum atomic E-state index is -3.76. The Morgan fingerprint density at radius 3 is 2.24 bits per heavy atom. The van der Waals surface area contributed by atoms with E-state index in [1.54, 1.807) is 25.1 Å². The van der Waals surface area contributed by atoms with Gasteiger partial charge in [-0.15, -0.1) is 0 Å². The maximum absolute atomic E-state index is 12.6. The van der Waals surface area contributed by atoms with Crippen LogP contribution in [0.25, 0.3) is 0 Å². The number of rotatable bonds is 8. The molecule has 7 nitrogen and oxygen atoms in total. The van der Waals surface area contributed by atoms with Gasteiger partial charge in [-0.3, -0.25) is 9.10 Å². The molecule has 1 amide bonds. The van der Waals surface area contributed by atoms with Gasteiger partial charge in [0, 0.05) is 15.6 Å². The first kappa shape index (κ1) is 23.1. The number of nitrogens with zero attached hydrogens (tertiary/aromatic N) is 1. The van der Waals surface area contributed by atoms with Crippen LogP contribution in [0.5, 0.6) is 11.5 Å². The fourth-order valence-electron chi connectivity index (χ4n) is 2.76. The molecule has 1 unspecified atom stereocenters. The number of hydrogen-bond acceptors (Lipinski definition) is 5. The average Bonchev–Trinajstić information content (AvgIpc) is 2.63. The average molecular weight is 461 g/mol. The zero-order valence-corrected chi connectivity index (χ0v) is 18.7. The van der Waals surface area contributed by atoms with Crippen molar-refractivity contribution in [2.45, 2.75) is 13.0 Å². The van der Waals surface area contributed by atoms with Gasteiger partial charge in [-0.25, -0.2) is 8.42 Å². The van der Waals surface area contributed by atoms with Crippen molar-refractivity contribution in [1.29, 1.82) is 0 Å². The van der Waals surface area contributed by atoms with Crippen LogP contribution in [0.15, 0.2) is 36.4 Å². The number of ether oxygens (including phenoxy) is 2. The third kappa shape index (κ3) is 6.16. The highest BCUT2D eigenvalue weighted by Crippen LogP contribution is 2.30. The molecular weight excluding hydrogens is 439 g/mol. The number of anilines is 1. The van der Waals surface area contributed by atoms with Crippen LogP contribution in [0, 0.1) is 0 Å². The second kappa shape index (κ2) is 9.56. The lowest BCUT2D eigenvalue weighted by Crippen LogP contribution is -2.41. The Kier molecular flexibility index (Phi) is 7.62. The molecule has 0 aliphatic heterocycles. The summed E-state index contributed by atoms with van der Waals surface area (Å²) in [4.78, 5) is 12.6. The summed E-state index contributed by atoms with van der Waals surface area (Å²) in [5.41, 5.74) is 0.892. The minimum Gasteiger partial charge on any atom is -0.497 e. The van der Waals surface area contributed by atoms with E-state index in [0.717, 1.165) is 10.6 Å². The van der Waals surface area contributed by atoms with Crippen molar-refractivity contribution in [3.8, 4) is 11.5 Å². The smallest absolute Gasteiger partial charge is 0.241 e. The van der Waals surface area contributed by atoms with Crippen molar-refractivity contribution < 1.29 is 22.7 Å². The number of amides is 1. The standard InChI is InChI=1S/C19H22Cl2N2O5S/c1-12(17-10-16(27-2)5-6-18(17)28-3)22-19(24)11-23(29(4,25)26)15-8-13(20)7-14(21)9-15/h5-10,12H,11H2,1-4H3,(H,22,24). The van der Waals surface area contributed by atoms with E-state index in [1.165, 1.54) is 32.4 Å². The van der Waals surface area contributed by atoms with Gasteiger partial charge >= 0.3 is 0 Å². The molecule has 10 heteroatoms. The van der Waals surface area contributed by atoms with Crippen molar-refractivity contribution in [1.82, 2.24) is 5.32 Å². The summed E-state index contributed by atoms with van der Waals surface area (Å²) in [5, 5.41) is 3.30. The molecule has 0 radical (unpaired) electrons. The van der Waals surface area contributed by atoms with Crippen molar-refractivity contribution in [2.75, 3.05) is 31.3 Å². The molecule has 2 aromatic carbocycles. The first-order valence-corrected chi connectivity index (χ1v) is 11.1. The molecule has 0 fully saturated rings. The van der Waals surface area contributed by atoms with E-state index in [1.807, 2.05) is 0 Å². The van der Waals surface area contributed by atoms with Gasteiger partial charge in [-0.05, 0) is 43.3 Å². The van der Waals surface area contributed by atoms with E-state index < -0.39 is 28.5 Å². The van der Waals surface area contributed by atoms with E-state index in [0.29, 0.717) is 17.1 Å². The third-order valence-corrected chi connectivity index (χ3v) is 5.68. The second-order valence-corrected chi connectivity index (χ2v) is 9.07. The maximum atomic E-state index is 12.6. The summed E-state index contributed by atoms with van der Waals surface area (Å²) in [6, 6.07) is 9.08. The van der Waals surface area contributed by atoms with Gasteiger partial charge < -0.3 is 14.8 Å². The summed E-state index contributed by atoms with van der Waals surface area (Å²) in [6.45, 7) is 1.32. The monoisotopic (exact) mass is 460 g/mol. The predicted octanol–water partition coefficient (Wildman–Crippen LogP) is 3.65. The fourth-order valence-corrected chi connectivity index (χ4v) is 4.11. The normalized spacial score (nSPS) is 12.2. The first-order valence-electron chi connectivity index (χ1n) is 8.50. The molecule has 0 saturated heterocycles. The molecule has 2 rings (SSSR count). The van der Waals surface area contributed by atoms with Crippen LogP contribution in [0.1, 0.15) is 18.5 Å². The van der Waals surface area contributed by atoms with E-state index in [-0.39, 0.29) is 15.7 Å². The van der Waals surface area contributed by atoms with E-state index in [9.17, 15) is 13.2 Å². The van der Waals surface area contributed by atoms with Crippen molar-refractivity contribution >= 4 is 44.8 Å². The molecule has 2 aromatic rings. The van der Waals surface area contributed by atoms with E-state index in [4.69, 9.17) is 32.7 Å². The third-order valence-electron chi connectivity index (χ3n) is 4.10. The molecule has 0 aliphatic carbocycles. The van der Waals surface area contributed by atoms with Crippen molar-refractivity contribution in [3.63, 3.8) is 0 Å². The molecule has 0 aliphatic rings. The summed E-state index contributed by atoms with van der Waals surface area (Å²) >= 11 is 11.9. The highest BCUT2D eigenvalue weighted by Gasteiger charge is 2.23. The van der Waals surface area contributed by atoms with Gasteiger partial charge in [0.15, 0.2) is 0 Å². The number of hydrogen-bond donors (Lipinski definition) is 1. The largest absolute Gasteiger partial charge is 0.497 e. The van der Waals surface area contributed by atoms with Crippen LogP contribution in [0.4, 0.5) is 5.69 Å². The number of sulfonamides is 1. The van der Waals surface area contributed by atoms with Gasteiger partial charge in [0.25, 0.3) is 0 Å². The molecule has 0 heterocycles. The van der Waals surface area contributed by atoms with Gasteiger partial charge in [-0.2, -0.15) is 0 Å². The number of nitrogens with one attached hydrogen (secondary N) is 1. The van der Waals surface area contributed by atoms with Crippen molar-refractivity contribution in [2.24, 2.45) is 0 Å². The molecule has 1 atom stereocenters. The van der Waals surface area contributed by atoms with E-state index >= 15 is 0 Å². The Bertz CT molecular complexity index is 978. The molecule has 0 spiro atoms. The summed E-state index contributed by atoms with van der Waals surface area (Å²) in [6.07, 6.45) is 1.00.